The van der Waals surface area contributed by atoms with E-state index in [1.807, 2.05) is 6.07 Å². The Balaban J connectivity index is 1.48. The lowest BCUT2D eigenvalue weighted by Crippen LogP contribution is -2.13. The van der Waals surface area contributed by atoms with E-state index in [2.05, 4.69) is 36.5 Å². The van der Waals surface area contributed by atoms with Gasteiger partial charge in [0.25, 0.3) is 5.91 Å². The highest BCUT2D eigenvalue weighted by atomic mass is 79.9. The normalized spacial score (nSPS) is 11.0. The third-order valence-corrected chi connectivity index (χ3v) is 5.19. The van der Waals surface area contributed by atoms with Crippen molar-refractivity contribution >= 4 is 50.9 Å². The fourth-order valence-corrected chi connectivity index (χ4v) is 3.29. The molecule has 7 nitrogen and oxygen atoms in total. The maximum atomic E-state index is 12.5. The zero-order valence-electron chi connectivity index (χ0n) is 14.1. The van der Waals surface area contributed by atoms with Crippen LogP contribution in [0.25, 0.3) is 11.5 Å². The van der Waals surface area contributed by atoms with Gasteiger partial charge in [-0.25, -0.2) is 0 Å². The van der Waals surface area contributed by atoms with Crippen LogP contribution in [0, 0.1) is 0 Å². The molecule has 0 aliphatic carbocycles. The van der Waals surface area contributed by atoms with Crippen LogP contribution in [0.15, 0.2) is 57.7 Å². The first-order valence-electron chi connectivity index (χ1n) is 8.07. The molecule has 0 aliphatic heterocycles. The highest BCUT2D eigenvalue weighted by Gasteiger charge is 2.16. The Morgan fingerprint density at radius 3 is 2.86 bits per heavy atom. The summed E-state index contributed by atoms with van der Waals surface area (Å²) in [6.07, 6.45) is 3.31. The number of furan rings is 1. The number of anilines is 1. The van der Waals surface area contributed by atoms with Gasteiger partial charge in [0.05, 0.1) is 27.3 Å². The molecule has 2 N–H and O–H groups in total. The SMILES string of the molecule is O=C(Nc1nn(Cc2ccc(Cl)c(Cl)c2)cc1Br)c1cc(-c2ccco2)[nH]n1. The van der Waals surface area contributed by atoms with E-state index < -0.39 is 5.91 Å². The highest BCUT2D eigenvalue weighted by molar-refractivity contribution is 9.10. The Labute approximate surface area is 177 Å². The van der Waals surface area contributed by atoms with E-state index in [4.69, 9.17) is 27.6 Å². The number of hydrogen-bond acceptors (Lipinski definition) is 4. The number of H-pyrrole nitrogens is 1. The van der Waals surface area contributed by atoms with Crippen molar-refractivity contribution in [3.05, 3.63) is 74.6 Å². The maximum Gasteiger partial charge on any atom is 0.277 e. The minimum atomic E-state index is -0.394. The van der Waals surface area contributed by atoms with Crippen LogP contribution in [0.3, 0.4) is 0 Å². The summed E-state index contributed by atoms with van der Waals surface area (Å²) in [5.41, 5.74) is 1.76. The number of nitrogens with one attached hydrogen (secondary N) is 2. The molecule has 4 aromatic rings. The van der Waals surface area contributed by atoms with Crippen molar-refractivity contribution in [1.29, 1.82) is 0 Å². The molecule has 142 valence electrons. The maximum absolute atomic E-state index is 12.5. The summed E-state index contributed by atoms with van der Waals surface area (Å²) in [7, 11) is 0. The molecule has 4 rings (SSSR count). The van der Waals surface area contributed by atoms with Crippen molar-refractivity contribution in [2.45, 2.75) is 6.54 Å². The van der Waals surface area contributed by atoms with Crippen molar-refractivity contribution < 1.29 is 9.21 Å². The Bertz CT molecular complexity index is 1140. The number of amides is 1. The highest BCUT2D eigenvalue weighted by Crippen LogP contribution is 2.25. The van der Waals surface area contributed by atoms with Gasteiger partial charge in [-0.2, -0.15) is 10.2 Å². The van der Waals surface area contributed by atoms with E-state index in [0.717, 1.165) is 5.56 Å². The van der Waals surface area contributed by atoms with Gasteiger partial charge in [0.1, 0.15) is 5.69 Å². The van der Waals surface area contributed by atoms with Crippen molar-refractivity contribution in [3.8, 4) is 11.5 Å². The molecule has 0 spiro atoms. The largest absolute Gasteiger partial charge is 0.463 e. The van der Waals surface area contributed by atoms with Gasteiger partial charge in [-0.05, 0) is 45.8 Å². The zero-order chi connectivity index (χ0) is 19.7. The second-order valence-corrected chi connectivity index (χ2v) is 7.54. The third kappa shape index (κ3) is 3.99. The number of aromatic nitrogens is 4. The second-order valence-electron chi connectivity index (χ2n) is 5.87. The molecule has 3 heterocycles. The van der Waals surface area contributed by atoms with E-state index in [0.29, 0.717) is 38.3 Å². The number of aromatic amines is 1. The van der Waals surface area contributed by atoms with Crippen LogP contribution in [0.5, 0.6) is 0 Å². The summed E-state index contributed by atoms with van der Waals surface area (Å²) in [6.45, 7) is 0.469. The molecule has 0 fully saturated rings. The van der Waals surface area contributed by atoms with Crippen LogP contribution in [0.1, 0.15) is 16.1 Å². The number of hydrogen-bond donors (Lipinski definition) is 2. The van der Waals surface area contributed by atoms with Crippen LogP contribution >= 0.6 is 39.1 Å². The lowest BCUT2D eigenvalue weighted by molar-refractivity contribution is 0.102. The van der Waals surface area contributed by atoms with E-state index in [1.165, 1.54) is 0 Å². The average molecular weight is 481 g/mol. The number of halogens is 3. The monoisotopic (exact) mass is 479 g/mol. The quantitative estimate of drug-likeness (QED) is 0.409. The van der Waals surface area contributed by atoms with Gasteiger partial charge in [-0.1, -0.05) is 29.3 Å². The molecule has 10 heteroatoms. The van der Waals surface area contributed by atoms with Gasteiger partial charge in [-0.15, -0.1) is 0 Å². The van der Waals surface area contributed by atoms with Crippen molar-refractivity contribution in [2.24, 2.45) is 0 Å². The van der Waals surface area contributed by atoms with Crippen molar-refractivity contribution in [2.75, 3.05) is 5.32 Å². The van der Waals surface area contributed by atoms with Gasteiger partial charge in [0, 0.05) is 12.3 Å². The van der Waals surface area contributed by atoms with Gasteiger partial charge >= 0.3 is 0 Å². The molecule has 1 aromatic carbocycles. The van der Waals surface area contributed by atoms with Crippen LogP contribution in [-0.2, 0) is 6.54 Å². The van der Waals surface area contributed by atoms with E-state index in [-0.39, 0.29) is 5.69 Å². The zero-order valence-corrected chi connectivity index (χ0v) is 17.2. The number of carbonyl (C=O) groups excluding carboxylic acids is 1. The van der Waals surface area contributed by atoms with Gasteiger partial charge in [-0.3, -0.25) is 14.6 Å². The van der Waals surface area contributed by atoms with Crippen LogP contribution < -0.4 is 5.32 Å². The summed E-state index contributed by atoms with van der Waals surface area (Å²) in [6, 6.07) is 10.5. The van der Waals surface area contributed by atoms with Gasteiger partial charge in [0.15, 0.2) is 17.3 Å². The summed E-state index contributed by atoms with van der Waals surface area (Å²) in [5.74, 6) is 0.584. The molecule has 0 saturated heterocycles. The first kappa shape index (κ1) is 18.8. The minimum absolute atomic E-state index is 0.220. The molecule has 0 radical (unpaired) electrons. The molecule has 0 atom stereocenters. The number of nitrogens with zero attached hydrogens (tertiary/aromatic N) is 3. The summed E-state index contributed by atoms with van der Waals surface area (Å²) < 4.78 is 7.60. The van der Waals surface area contributed by atoms with E-state index >= 15 is 0 Å². The molecular weight excluding hydrogens is 469 g/mol. The summed E-state index contributed by atoms with van der Waals surface area (Å²) >= 11 is 15.4. The Morgan fingerprint density at radius 2 is 2.11 bits per heavy atom. The Hall–Kier alpha value is -2.55. The standard InChI is InChI=1S/C18H12BrCl2N5O2/c19-11-9-26(8-10-3-4-12(20)13(21)6-10)25-17(11)22-18(27)15-7-14(23-24-15)16-2-1-5-28-16/h1-7,9H,8H2,(H,23,24)(H,22,25,27). The van der Waals surface area contributed by atoms with Crippen LogP contribution in [-0.4, -0.2) is 25.9 Å². The fourth-order valence-electron chi connectivity index (χ4n) is 2.56. The molecule has 0 unspecified atom stereocenters. The Morgan fingerprint density at radius 1 is 1.25 bits per heavy atom. The lowest BCUT2D eigenvalue weighted by Gasteiger charge is -2.04. The summed E-state index contributed by atoms with van der Waals surface area (Å²) in [4.78, 5) is 12.5. The molecular formula is C18H12BrCl2N5O2. The van der Waals surface area contributed by atoms with E-state index in [1.54, 1.807) is 47.5 Å². The van der Waals surface area contributed by atoms with Gasteiger partial charge < -0.3 is 9.73 Å². The topological polar surface area (TPSA) is 88.7 Å². The number of benzene rings is 1. The smallest absolute Gasteiger partial charge is 0.277 e. The van der Waals surface area contributed by atoms with Crippen LogP contribution in [0.4, 0.5) is 5.82 Å². The second kappa shape index (κ2) is 7.83. The molecule has 1 amide bonds. The summed E-state index contributed by atoms with van der Waals surface area (Å²) in [5, 5.41) is 14.9. The number of rotatable bonds is 5. The molecule has 28 heavy (non-hydrogen) atoms. The first-order chi connectivity index (χ1) is 13.5. The Kier molecular flexibility index (Phi) is 5.25. The van der Waals surface area contributed by atoms with Gasteiger partial charge in [0.2, 0.25) is 0 Å². The molecule has 0 aliphatic rings. The average Bonchev–Trinajstić information content (AvgIpc) is 3.40. The van der Waals surface area contributed by atoms with E-state index in [9.17, 15) is 4.79 Å². The fraction of sp³-hybridized carbons (Fsp3) is 0.0556. The van der Waals surface area contributed by atoms with Crippen LogP contribution in [0.2, 0.25) is 10.0 Å². The predicted octanol–water partition coefficient (Wildman–Crippen LogP) is 5.24. The van der Waals surface area contributed by atoms with Crippen molar-refractivity contribution in [1.82, 2.24) is 20.0 Å². The first-order valence-corrected chi connectivity index (χ1v) is 9.62. The molecule has 0 bridgehead atoms. The number of carbonyl (C=O) groups is 1. The minimum Gasteiger partial charge on any atom is -0.463 e. The molecule has 3 aromatic heterocycles. The third-order valence-electron chi connectivity index (χ3n) is 3.87. The predicted molar refractivity (Wildman–Crippen MR) is 110 cm³/mol. The molecule has 0 saturated carbocycles. The van der Waals surface area contributed by atoms with Crippen molar-refractivity contribution in [3.63, 3.8) is 0 Å². The lowest BCUT2D eigenvalue weighted by atomic mass is 10.2.